The van der Waals surface area contributed by atoms with Crippen LogP contribution in [0, 0.1) is 3.70 Å². The Hall–Kier alpha value is -0.0831. The van der Waals surface area contributed by atoms with Crippen LogP contribution in [0.1, 0.15) is 0 Å². The highest BCUT2D eigenvalue weighted by molar-refractivity contribution is 14.1. The van der Waals surface area contributed by atoms with Crippen molar-refractivity contribution >= 4 is 36.4 Å². The average molecular weight is 339 g/mol. The van der Waals surface area contributed by atoms with Gasteiger partial charge in [-0.15, -0.1) is 0 Å². The summed E-state index contributed by atoms with van der Waals surface area (Å²) in [5.41, 5.74) is 6.39. The summed E-state index contributed by atoms with van der Waals surface area (Å²) in [6.45, 7) is 8.32. The van der Waals surface area contributed by atoms with E-state index >= 15 is 0 Å². The third-order valence-corrected chi connectivity index (χ3v) is 4.51. The summed E-state index contributed by atoms with van der Waals surface area (Å²) >= 11 is 2.11. The van der Waals surface area contributed by atoms with Gasteiger partial charge in [-0.25, -0.2) is 4.68 Å². The Labute approximate surface area is 105 Å². The lowest BCUT2D eigenvalue weighted by molar-refractivity contribution is 0.0784. The van der Waals surface area contributed by atoms with Crippen molar-refractivity contribution in [2.75, 3.05) is 12.3 Å². The predicted octanol–water partition coefficient (Wildman–Crippen LogP) is 2.38. The minimum Gasteiger partial charge on any atom is -0.395 e. The monoisotopic (exact) mass is 339 g/mol. The van der Waals surface area contributed by atoms with Gasteiger partial charge in [-0.2, -0.15) is 5.10 Å². The molecule has 1 heterocycles. The molecule has 1 rings (SSSR count). The molecule has 4 nitrogen and oxygen atoms in total. The van der Waals surface area contributed by atoms with Crippen molar-refractivity contribution < 1.29 is 4.74 Å². The minimum atomic E-state index is -0.982. The first-order chi connectivity index (χ1) is 6.88. The van der Waals surface area contributed by atoms with Crippen LogP contribution in [0.5, 0.6) is 0 Å². The molecule has 6 heteroatoms. The third kappa shape index (κ3) is 4.98. The number of nitrogens with zero attached hydrogens (tertiary/aromatic N) is 2. The zero-order valence-corrected chi connectivity index (χ0v) is 12.6. The van der Waals surface area contributed by atoms with Gasteiger partial charge in [0.15, 0.2) is 0 Å². The fourth-order valence-electron chi connectivity index (χ4n) is 1.02. The molecule has 0 spiro atoms. The lowest BCUT2D eigenvalue weighted by Crippen LogP contribution is -2.22. The van der Waals surface area contributed by atoms with Gasteiger partial charge in [0, 0.05) is 14.7 Å². The van der Waals surface area contributed by atoms with Gasteiger partial charge in [0.2, 0.25) is 0 Å². The van der Waals surface area contributed by atoms with Gasteiger partial charge in [-0.1, -0.05) is 19.6 Å². The van der Waals surface area contributed by atoms with Crippen LogP contribution < -0.4 is 5.73 Å². The number of nitrogens with two attached hydrogens (primary N) is 1. The predicted molar refractivity (Wildman–Crippen MR) is 73.5 cm³/mol. The number of ether oxygens (including phenoxy) is 1. The van der Waals surface area contributed by atoms with Crippen LogP contribution in [0.4, 0.5) is 5.69 Å². The van der Waals surface area contributed by atoms with Gasteiger partial charge >= 0.3 is 0 Å². The molecule has 0 aliphatic carbocycles. The van der Waals surface area contributed by atoms with Crippen molar-refractivity contribution in [1.82, 2.24) is 9.78 Å². The molecule has 0 saturated heterocycles. The number of rotatable bonds is 5. The molecule has 0 radical (unpaired) electrons. The number of hydrogen-bond donors (Lipinski definition) is 1. The number of aromatic nitrogens is 2. The fraction of sp³-hybridized carbons (Fsp3) is 0.667. The van der Waals surface area contributed by atoms with Crippen LogP contribution in [-0.4, -0.2) is 24.5 Å². The van der Waals surface area contributed by atoms with Crippen molar-refractivity contribution in [3.63, 3.8) is 0 Å². The second kappa shape index (κ2) is 5.31. The Morgan fingerprint density at radius 3 is 2.67 bits per heavy atom. The summed E-state index contributed by atoms with van der Waals surface area (Å²) in [5.74, 6) is 0. The van der Waals surface area contributed by atoms with Crippen molar-refractivity contribution in [3.05, 3.63) is 9.90 Å². The van der Waals surface area contributed by atoms with E-state index in [2.05, 4.69) is 47.3 Å². The molecular formula is C9H18IN3OSi. The molecule has 0 atom stereocenters. The molecule has 0 fully saturated rings. The summed E-state index contributed by atoms with van der Waals surface area (Å²) < 4.78 is 8.11. The number of hydrogen-bond acceptors (Lipinski definition) is 3. The van der Waals surface area contributed by atoms with E-state index in [-0.39, 0.29) is 0 Å². The first-order valence-corrected chi connectivity index (χ1v) is 9.73. The first kappa shape index (κ1) is 13.0. The Morgan fingerprint density at radius 2 is 2.20 bits per heavy atom. The topological polar surface area (TPSA) is 53.1 Å². The molecule has 0 amide bonds. The Morgan fingerprint density at radius 1 is 1.53 bits per heavy atom. The lowest BCUT2D eigenvalue weighted by atomic mass is 10.6. The van der Waals surface area contributed by atoms with E-state index in [0.29, 0.717) is 12.4 Å². The largest absolute Gasteiger partial charge is 0.395 e. The maximum absolute atomic E-state index is 5.67. The highest BCUT2D eigenvalue weighted by Gasteiger charge is 2.12. The van der Waals surface area contributed by atoms with Crippen LogP contribution in [0.2, 0.25) is 25.7 Å². The molecule has 1 aromatic rings. The normalized spacial score (nSPS) is 12.0. The van der Waals surface area contributed by atoms with E-state index < -0.39 is 8.07 Å². The molecule has 0 aromatic carbocycles. The molecule has 0 unspecified atom stereocenters. The molecule has 0 saturated carbocycles. The first-order valence-electron chi connectivity index (χ1n) is 4.95. The molecule has 1 aromatic heterocycles. The summed E-state index contributed by atoms with van der Waals surface area (Å²) in [7, 11) is -0.982. The van der Waals surface area contributed by atoms with Gasteiger partial charge in [0.1, 0.15) is 10.4 Å². The Bertz CT molecular complexity index is 302. The molecule has 15 heavy (non-hydrogen) atoms. The summed E-state index contributed by atoms with van der Waals surface area (Å²) in [6.07, 6.45) is 1.80. The van der Waals surface area contributed by atoms with E-state index in [4.69, 9.17) is 10.5 Å². The number of anilines is 1. The van der Waals surface area contributed by atoms with Crippen LogP contribution in [-0.2, 0) is 11.5 Å². The molecule has 0 bridgehead atoms. The molecule has 0 aliphatic heterocycles. The SMILES string of the molecule is C[Si](C)(C)CCOCn1cc(N)c(I)n1. The average Bonchev–Trinajstić information content (AvgIpc) is 2.39. The van der Waals surface area contributed by atoms with Crippen LogP contribution >= 0.6 is 22.6 Å². The molecule has 86 valence electrons. The van der Waals surface area contributed by atoms with E-state index in [1.165, 1.54) is 6.04 Å². The second-order valence-corrected chi connectivity index (χ2v) is 11.4. The Kier molecular flexibility index (Phi) is 4.59. The second-order valence-electron chi connectivity index (χ2n) is 4.76. The summed E-state index contributed by atoms with van der Waals surface area (Å²) in [6, 6.07) is 1.18. The number of nitrogen functional groups attached to an aromatic ring is 1. The van der Waals surface area contributed by atoms with Gasteiger partial charge in [-0.3, -0.25) is 0 Å². The summed E-state index contributed by atoms with van der Waals surface area (Å²) in [5, 5.41) is 4.21. The molecular weight excluding hydrogens is 321 g/mol. The maximum Gasteiger partial charge on any atom is 0.146 e. The highest BCUT2D eigenvalue weighted by atomic mass is 127. The highest BCUT2D eigenvalue weighted by Crippen LogP contribution is 2.12. The van der Waals surface area contributed by atoms with E-state index in [1.807, 2.05) is 0 Å². The van der Waals surface area contributed by atoms with E-state index in [0.717, 1.165) is 10.3 Å². The zero-order chi connectivity index (χ0) is 11.5. The fourth-order valence-corrected chi connectivity index (χ4v) is 2.19. The maximum atomic E-state index is 5.67. The molecule has 2 N–H and O–H groups in total. The Balaban J connectivity index is 2.26. The minimum absolute atomic E-state index is 0.498. The van der Waals surface area contributed by atoms with Gasteiger partial charge in [0.25, 0.3) is 0 Å². The van der Waals surface area contributed by atoms with Crippen molar-refractivity contribution in [2.24, 2.45) is 0 Å². The quantitative estimate of drug-likeness (QED) is 0.509. The van der Waals surface area contributed by atoms with E-state index in [1.54, 1.807) is 10.9 Å². The third-order valence-electron chi connectivity index (χ3n) is 1.96. The van der Waals surface area contributed by atoms with Crippen molar-refractivity contribution in [1.29, 1.82) is 0 Å². The van der Waals surface area contributed by atoms with E-state index in [9.17, 15) is 0 Å². The van der Waals surface area contributed by atoms with Gasteiger partial charge in [-0.05, 0) is 28.6 Å². The van der Waals surface area contributed by atoms with Crippen LogP contribution in [0.3, 0.4) is 0 Å². The number of halogens is 1. The van der Waals surface area contributed by atoms with Crippen molar-refractivity contribution in [3.8, 4) is 0 Å². The smallest absolute Gasteiger partial charge is 0.146 e. The summed E-state index contributed by atoms with van der Waals surface area (Å²) in [4.78, 5) is 0. The standard InChI is InChI=1S/C9H18IN3OSi/c1-15(2,3)5-4-14-7-13-6-8(11)9(10)12-13/h6H,4-5,7,11H2,1-3H3. The molecule has 0 aliphatic rings. The van der Waals surface area contributed by atoms with Crippen LogP contribution in [0.25, 0.3) is 0 Å². The van der Waals surface area contributed by atoms with Crippen molar-refractivity contribution in [2.45, 2.75) is 32.4 Å². The van der Waals surface area contributed by atoms with Crippen LogP contribution in [0.15, 0.2) is 6.20 Å². The van der Waals surface area contributed by atoms with Gasteiger partial charge < -0.3 is 10.5 Å². The van der Waals surface area contributed by atoms with Gasteiger partial charge in [0.05, 0.1) is 11.9 Å². The zero-order valence-electron chi connectivity index (χ0n) is 9.46. The lowest BCUT2D eigenvalue weighted by Gasteiger charge is -2.15.